The Hall–Kier alpha value is -1.90. The Kier molecular flexibility index (Phi) is 7.16. The van der Waals surface area contributed by atoms with Gasteiger partial charge >= 0.3 is 5.69 Å². The van der Waals surface area contributed by atoms with Crippen LogP contribution in [0.4, 0.5) is 0 Å². The van der Waals surface area contributed by atoms with E-state index in [2.05, 4.69) is 25.6 Å². The summed E-state index contributed by atoms with van der Waals surface area (Å²) in [6.45, 7) is 4.68. The number of nitrogens with zero attached hydrogens (tertiary/aromatic N) is 1. The van der Waals surface area contributed by atoms with Gasteiger partial charge in [0.25, 0.3) is 11.5 Å². The normalized spacial score (nSPS) is 19.6. The average molecular weight is 390 g/mol. The quantitative estimate of drug-likeness (QED) is 0.600. The highest BCUT2D eigenvalue weighted by molar-refractivity contribution is 5.95. The van der Waals surface area contributed by atoms with E-state index in [1.165, 1.54) is 0 Å². The third kappa shape index (κ3) is 4.39. The molecule has 2 unspecified atom stereocenters. The van der Waals surface area contributed by atoms with Crippen molar-refractivity contribution in [2.75, 3.05) is 6.54 Å². The molecular formula is C15H21Cl2N5O3. The zero-order chi connectivity index (χ0) is 16.6. The lowest BCUT2D eigenvalue weighted by atomic mass is 9.99. The summed E-state index contributed by atoms with van der Waals surface area (Å²) in [6, 6.07) is 1.79. The van der Waals surface area contributed by atoms with Crippen molar-refractivity contribution in [1.29, 1.82) is 0 Å². The van der Waals surface area contributed by atoms with Gasteiger partial charge in [-0.15, -0.1) is 24.8 Å². The van der Waals surface area contributed by atoms with Crippen LogP contribution in [0.2, 0.25) is 0 Å². The smallest absolute Gasteiger partial charge is 0.327 e. The molecule has 0 aliphatic carbocycles. The van der Waals surface area contributed by atoms with Gasteiger partial charge < -0.3 is 10.6 Å². The summed E-state index contributed by atoms with van der Waals surface area (Å²) in [5.74, 6) is -0.309. The number of rotatable bonds is 2. The highest BCUT2D eigenvalue weighted by Gasteiger charge is 2.23. The molecule has 2 aromatic rings. The highest BCUT2D eigenvalue weighted by Crippen LogP contribution is 2.13. The standard InChI is InChI=1S/C15H19N5O3.2ClH/c1-7-6-10(13(21)18-9-4-3-5-16-8(9)2)17-12-11(7)14(22)20-15(23)19-12;;/h6,8-9,16H,3-5H2,1-2H3,(H,18,21)(H2,17,19,20,22,23);2*1H. The molecule has 0 radical (unpaired) electrons. The Bertz CT molecular complexity index is 880. The van der Waals surface area contributed by atoms with Crippen molar-refractivity contribution < 1.29 is 4.79 Å². The van der Waals surface area contributed by atoms with Crippen LogP contribution < -0.4 is 21.9 Å². The van der Waals surface area contributed by atoms with Gasteiger partial charge in [0.2, 0.25) is 0 Å². The monoisotopic (exact) mass is 389 g/mol. The van der Waals surface area contributed by atoms with E-state index in [4.69, 9.17) is 0 Å². The summed E-state index contributed by atoms with van der Waals surface area (Å²) in [4.78, 5) is 44.4. The first-order valence-electron chi connectivity index (χ1n) is 7.64. The first kappa shape index (κ1) is 21.1. The van der Waals surface area contributed by atoms with E-state index in [1.54, 1.807) is 13.0 Å². The molecular weight excluding hydrogens is 369 g/mol. The lowest BCUT2D eigenvalue weighted by Gasteiger charge is -2.30. The molecule has 1 saturated heterocycles. The van der Waals surface area contributed by atoms with Crippen LogP contribution in [0.15, 0.2) is 15.7 Å². The Balaban J connectivity index is 0.00000156. The third-order valence-electron chi connectivity index (χ3n) is 4.21. The average Bonchev–Trinajstić information content (AvgIpc) is 2.48. The van der Waals surface area contributed by atoms with Gasteiger partial charge in [0.15, 0.2) is 0 Å². The maximum atomic E-state index is 12.4. The number of fused-ring (bicyclic) bond motifs is 1. The topological polar surface area (TPSA) is 120 Å². The Morgan fingerprint density at radius 2 is 2.00 bits per heavy atom. The number of amides is 1. The van der Waals surface area contributed by atoms with Gasteiger partial charge in [0, 0.05) is 12.1 Å². The van der Waals surface area contributed by atoms with Crippen LogP contribution in [0.3, 0.4) is 0 Å². The van der Waals surface area contributed by atoms with E-state index in [1.807, 2.05) is 6.92 Å². The second-order valence-corrected chi connectivity index (χ2v) is 5.92. The molecule has 1 amide bonds. The van der Waals surface area contributed by atoms with Crippen LogP contribution in [-0.4, -0.2) is 39.5 Å². The molecule has 1 fully saturated rings. The van der Waals surface area contributed by atoms with Gasteiger partial charge in [0.1, 0.15) is 11.3 Å². The SMILES string of the molecule is Cc1cc(C(=O)NC2CCCNC2C)nc2[nH]c(=O)[nH]c(=O)c12.Cl.Cl. The second kappa shape index (κ2) is 8.46. The summed E-state index contributed by atoms with van der Waals surface area (Å²) in [7, 11) is 0. The fourth-order valence-corrected chi connectivity index (χ4v) is 2.95. The lowest BCUT2D eigenvalue weighted by Crippen LogP contribution is -2.52. The number of aromatic amines is 2. The minimum Gasteiger partial charge on any atom is -0.346 e. The number of nitrogens with one attached hydrogen (secondary N) is 4. The molecule has 3 heterocycles. The Morgan fingerprint density at radius 1 is 1.28 bits per heavy atom. The summed E-state index contributed by atoms with van der Waals surface area (Å²) in [5.41, 5.74) is -0.247. The van der Waals surface area contributed by atoms with Crippen molar-refractivity contribution in [1.82, 2.24) is 25.6 Å². The van der Waals surface area contributed by atoms with Crippen LogP contribution in [-0.2, 0) is 0 Å². The van der Waals surface area contributed by atoms with Crippen LogP contribution in [0, 0.1) is 6.92 Å². The molecule has 4 N–H and O–H groups in total. The Morgan fingerprint density at radius 3 is 2.68 bits per heavy atom. The minimum atomic E-state index is -0.642. The number of hydrogen-bond acceptors (Lipinski definition) is 5. The van der Waals surface area contributed by atoms with E-state index in [-0.39, 0.29) is 59.5 Å². The van der Waals surface area contributed by atoms with Crippen molar-refractivity contribution >= 4 is 41.8 Å². The summed E-state index contributed by atoms with van der Waals surface area (Å²) in [6.07, 6.45) is 1.91. The molecule has 0 bridgehead atoms. The molecule has 3 rings (SSSR count). The molecule has 10 heteroatoms. The fraction of sp³-hybridized carbons (Fsp3) is 0.467. The molecule has 8 nitrogen and oxygen atoms in total. The van der Waals surface area contributed by atoms with Crippen LogP contribution in [0.1, 0.15) is 35.8 Å². The zero-order valence-electron chi connectivity index (χ0n) is 13.8. The van der Waals surface area contributed by atoms with E-state index >= 15 is 0 Å². The Labute approximate surface area is 156 Å². The minimum absolute atomic E-state index is 0. The molecule has 1 aliphatic heterocycles. The van der Waals surface area contributed by atoms with Crippen LogP contribution in [0.5, 0.6) is 0 Å². The van der Waals surface area contributed by atoms with Crippen molar-refractivity contribution in [3.8, 4) is 0 Å². The van der Waals surface area contributed by atoms with E-state index in [0.717, 1.165) is 19.4 Å². The maximum absolute atomic E-state index is 12.4. The molecule has 0 saturated carbocycles. The van der Waals surface area contributed by atoms with Crippen molar-refractivity contribution in [3.05, 3.63) is 38.2 Å². The van der Waals surface area contributed by atoms with E-state index in [9.17, 15) is 14.4 Å². The molecule has 2 atom stereocenters. The van der Waals surface area contributed by atoms with Crippen molar-refractivity contribution in [3.63, 3.8) is 0 Å². The first-order chi connectivity index (χ1) is 11.0. The summed E-state index contributed by atoms with van der Waals surface area (Å²) in [5, 5.41) is 6.57. The summed E-state index contributed by atoms with van der Waals surface area (Å²) < 4.78 is 0. The maximum Gasteiger partial charge on any atom is 0.327 e. The third-order valence-corrected chi connectivity index (χ3v) is 4.21. The lowest BCUT2D eigenvalue weighted by molar-refractivity contribution is 0.0915. The van der Waals surface area contributed by atoms with Crippen molar-refractivity contribution in [2.45, 2.75) is 38.8 Å². The van der Waals surface area contributed by atoms with E-state index in [0.29, 0.717) is 5.56 Å². The van der Waals surface area contributed by atoms with Gasteiger partial charge in [-0.25, -0.2) is 9.78 Å². The molecule has 1 aliphatic rings. The molecule has 25 heavy (non-hydrogen) atoms. The number of halogens is 2. The second-order valence-electron chi connectivity index (χ2n) is 5.92. The largest absolute Gasteiger partial charge is 0.346 e. The number of piperidine rings is 1. The van der Waals surface area contributed by atoms with Gasteiger partial charge in [-0.2, -0.15) is 0 Å². The molecule has 0 aromatic carbocycles. The number of aryl methyl sites for hydroxylation is 1. The zero-order valence-corrected chi connectivity index (χ0v) is 15.5. The fourth-order valence-electron chi connectivity index (χ4n) is 2.95. The summed E-state index contributed by atoms with van der Waals surface area (Å²) >= 11 is 0. The number of pyridine rings is 1. The molecule has 2 aromatic heterocycles. The predicted molar refractivity (Wildman–Crippen MR) is 100 cm³/mol. The van der Waals surface area contributed by atoms with Gasteiger partial charge in [-0.3, -0.25) is 19.6 Å². The number of hydrogen-bond donors (Lipinski definition) is 4. The molecule has 138 valence electrons. The highest BCUT2D eigenvalue weighted by atomic mass is 35.5. The van der Waals surface area contributed by atoms with E-state index < -0.39 is 11.2 Å². The van der Waals surface area contributed by atoms with Crippen LogP contribution >= 0.6 is 24.8 Å². The number of H-pyrrole nitrogens is 2. The number of aromatic nitrogens is 3. The predicted octanol–water partition coefficient (Wildman–Crippen LogP) is 0.634. The van der Waals surface area contributed by atoms with Gasteiger partial charge in [0.05, 0.1) is 5.39 Å². The number of carbonyl (C=O) groups is 1. The number of carbonyl (C=O) groups excluding carboxylic acids is 1. The van der Waals surface area contributed by atoms with Gasteiger partial charge in [-0.1, -0.05) is 0 Å². The van der Waals surface area contributed by atoms with Crippen LogP contribution in [0.25, 0.3) is 11.0 Å². The molecule has 0 spiro atoms. The first-order valence-corrected chi connectivity index (χ1v) is 7.64. The van der Waals surface area contributed by atoms with Crippen molar-refractivity contribution in [2.24, 2.45) is 0 Å². The van der Waals surface area contributed by atoms with Gasteiger partial charge in [-0.05, 0) is 44.9 Å².